The second-order valence-corrected chi connectivity index (χ2v) is 5.88. The van der Waals surface area contributed by atoms with Gasteiger partial charge in [-0.25, -0.2) is 9.59 Å². The summed E-state index contributed by atoms with van der Waals surface area (Å²) in [5.74, 6) is -0.353. The summed E-state index contributed by atoms with van der Waals surface area (Å²) in [7, 11) is 0. The van der Waals surface area contributed by atoms with E-state index in [1.165, 1.54) is 4.90 Å². The van der Waals surface area contributed by atoms with E-state index in [9.17, 15) is 9.59 Å². The highest BCUT2D eigenvalue weighted by molar-refractivity contribution is 5.81. The van der Waals surface area contributed by atoms with Gasteiger partial charge in [-0.2, -0.15) is 0 Å². The summed E-state index contributed by atoms with van der Waals surface area (Å²) in [4.78, 5) is 25.7. The van der Waals surface area contributed by atoms with Gasteiger partial charge in [0.15, 0.2) is 0 Å². The minimum Gasteiger partial charge on any atom is -0.460 e. The molecule has 1 atom stereocenters. The van der Waals surface area contributed by atoms with Crippen molar-refractivity contribution < 1.29 is 19.1 Å². The van der Waals surface area contributed by atoms with E-state index in [0.29, 0.717) is 13.0 Å². The number of hydrogen-bond acceptors (Lipinski definition) is 4. The summed E-state index contributed by atoms with van der Waals surface area (Å²) < 4.78 is 10.5. The summed E-state index contributed by atoms with van der Waals surface area (Å²) in [6, 6.07) is -0.524. The lowest BCUT2D eigenvalue weighted by Gasteiger charge is -2.35. The topological polar surface area (TPSA) is 55.8 Å². The van der Waals surface area contributed by atoms with Crippen LogP contribution in [0.4, 0.5) is 4.79 Å². The van der Waals surface area contributed by atoms with Gasteiger partial charge in [0.2, 0.25) is 0 Å². The van der Waals surface area contributed by atoms with E-state index in [2.05, 4.69) is 0 Å². The maximum absolute atomic E-state index is 12.1. The number of likely N-dealkylation sites (tertiary alicyclic amines) is 1. The van der Waals surface area contributed by atoms with Gasteiger partial charge < -0.3 is 9.47 Å². The smallest absolute Gasteiger partial charge is 0.411 e. The Kier molecular flexibility index (Phi) is 6.05. The van der Waals surface area contributed by atoms with Crippen molar-refractivity contribution in [3.05, 3.63) is 12.2 Å². The molecule has 1 aliphatic rings. The number of piperidine rings is 1. The molecule has 0 aromatic carbocycles. The fourth-order valence-corrected chi connectivity index (χ4v) is 2.04. The number of esters is 1. The molecule has 0 saturated carbocycles. The molecule has 0 unspecified atom stereocenters. The summed E-state index contributed by atoms with van der Waals surface area (Å²) in [6.07, 6.45) is 5.58. The van der Waals surface area contributed by atoms with E-state index in [1.807, 2.05) is 33.8 Å². The third-order valence-corrected chi connectivity index (χ3v) is 2.96. The van der Waals surface area contributed by atoms with Gasteiger partial charge in [-0.1, -0.05) is 12.2 Å². The van der Waals surface area contributed by atoms with Crippen LogP contribution in [0, 0.1) is 0 Å². The Morgan fingerprint density at radius 1 is 1.30 bits per heavy atom. The number of carbonyl (C=O) groups excluding carboxylic acids is 2. The molecule has 1 heterocycles. The number of rotatable bonds is 3. The van der Waals surface area contributed by atoms with E-state index in [-0.39, 0.29) is 12.6 Å². The molecule has 5 heteroatoms. The van der Waals surface area contributed by atoms with Crippen molar-refractivity contribution in [1.82, 2.24) is 4.90 Å². The predicted molar refractivity (Wildman–Crippen MR) is 76.4 cm³/mol. The molecule has 1 rings (SSSR count). The second kappa shape index (κ2) is 7.31. The molecule has 0 radical (unpaired) electrons. The highest BCUT2D eigenvalue weighted by Crippen LogP contribution is 2.21. The summed E-state index contributed by atoms with van der Waals surface area (Å²) in [5, 5.41) is 0. The van der Waals surface area contributed by atoms with Crippen molar-refractivity contribution in [2.24, 2.45) is 0 Å². The lowest BCUT2D eigenvalue weighted by molar-refractivity contribution is -0.149. The Morgan fingerprint density at radius 3 is 2.60 bits per heavy atom. The molecule has 0 aromatic rings. The molecular weight excluding hydrogens is 258 g/mol. The SMILES string of the molecule is C/C=C/COC(=O)[C@@H]1CCCCN1C(=O)OC(C)(C)C. The maximum atomic E-state index is 12.1. The molecule has 5 nitrogen and oxygen atoms in total. The Hall–Kier alpha value is -1.52. The first-order chi connectivity index (χ1) is 9.35. The second-order valence-electron chi connectivity index (χ2n) is 5.88. The van der Waals surface area contributed by atoms with Crippen molar-refractivity contribution in [2.75, 3.05) is 13.2 Å². The van der Waals surface area contributed by atoms with Gasteiger partial charge in [-0.3, -0.25) is 4.90 Å². The van der Waals surface area contributed by atoms with Crippen LogP contribution in [0.5, 0.6) is 0 Å². The van der Waals surface area contributed by atoms with Crippen molar-refractivity contribution in [3.8, 4) is 0 Å². The molecule has 0 spiro atoms. The fraction of sp³-hybridized carbons (Fsp3) is 0.733. The van der Waals surface area contributed by atoms with Gasteiger partial charge in [0.1, 0.15) is 18.2 Å². The van der Waals surface area contributed by atoms with Crippen LogP contribution in [0.2, 0.25) is 0 Å². The standard InChI is InChI=1S/C15H25NO4/c1-5-6-11-19-13(17)12-9-7-8-10-16(12)14(18)20-15(2,3)4/h5-6,12H,7-11H2,1-4H3/b6-5+/t12-/m0/s1. The molecule has 114 valence electrons. The van der Waals surface area contributed by atoms with Crippen LogP contribution >= 0.6 is 0 Å². The molecule has 1 saturated heterocycles. The van der Waals surface area contributed by atoms with Crippen LogP contribution < -0.4 is 0 Å². The number of amides is 1. The molecule has 20 heavy (non-hydrogen) atoms. The Bertz CT molecular complexity index is 371. The monoisotopic (exact) mass is 283 g/mol. The first kappa shape index (κ1) is 16.5. The zero-order valence-electron chi connectivity index (χ0n) is 12.8. The molecule has 0 bridgehead atoms. The number of allylic oxidation sites excluding steroid dienone is 1. The lowest BCUT2D eigenvalue weighted by Crippen LogP contribution is -2.50. The molecule has 0 aromatic heterocycles. The van der Waals surface area contributed by atoms with E-state index in [4.69, 9.17) is 9.47 Å². The molecule has 0 N–H and O–H groups in total. The predicted octanol–water partition coefficient (Wildman–Crippen LogP) is 2.90. The van der Waals surface area contributed by atoms with Crippen molar-refractivity contribution in [3.63, 3.8) is 0 Å². The van der Waals surface area contributed by atoms with Gasteiger partial charge in [0, 0.05) is 6.54 Å². The van der Waals surface area contributed by atoms with Crippen molar-refractivity contribution in [2.45, 2.75) is 58.6 Å². The lowest BCUT2D eigenvalue weighted by atomic mass is 10.0. The van der Waals surface area contributed by atoms with Crippen LogP contribution in [0.3, 0.4) is 0 Å². The zero-order valence-corrected chi connectivity index (χ0v) is 12.8. The average molecular weight is 283 g/mol. The van der Waals surface area contributed by atoms with E-state index in [1.54, 1.807) is 6.08 Å². The van der Waals surface area contributed by atoms with Gasteiger partial charge >= 0.3 is 12.1 Å². The third kappa shape index (κ3) is 5.23. The van der Waals surface area contributed by atoms with Crippen LogP contribution in [-0.4, -0.2) is 41.8 Å². The minimum absolute atomic E-state index is 0.244. The Morgan fingerprint density at radius 2 is 2.00 bits per heavy atom. The molecule has 1 fully saturated rings. The van der Waals surface area contributed by atoms with E-state index in [0.717, 1.165) is 12.8 Å². The molecule has 1 aliphatic heterocycles. The van der Waals surface area contributed by atoms with E-state index >= 15 is 0 Å². The van der Waals surface area contributed by atoms with Gasteiger partial charge in [-0.15, -0.1) is 0 Å². The normalized spacial score (nSPS) is 20.0. The van der Waals surface area contributed by atoms with Gasteiger partial charge in [0.05, 0.1) is 0 Å². The largest absolute Gasteiger partial charge is 0.460 e. The number of hydrogen-bond donors (Lipinski definition) is 0. The number of nitrogens with zero attached hydrogens (tertiary/aromatic N) is 1. The van der Waals surface area contributed by atoms with Crippen LogP contribution in [0.25, 0.3) is 0 Å². The summed E-state index contributed by atoms with van der Waals surface area (Å²) in [6.45, 7) is 8.09. The van der Waals surface area contributed by atoms with Crippen LogP contribution in [-0.2, 0) is 14.3 Å². The van der Waals surface area contributed by atoms with Crippen molar-refractivity contribution >= 4 is 12.1 Å². The Balaban J connectivity index is 2.66. The highest BCUT2D eigenvalue weighted by atomic mass is 16.6. The molecule has 1 amide bonds. The minimum atomic E-state index is -0.562. The van der Waals surface area contributed by atoms with Gasteiger partial charge in [-0.05, 0) is 47.0 Å². The third-order valence-electron chi connectivity index (χ3n) is 2.96. The summed E-state index contributed by atoms with van der Waals surface area (Å²) in [5.41, 5.74) is -0.562. The number of carbonyl (C=O) groups is 2. The average Bonchev–Trinajstić information content (AvgIpc) is 2.37. The van der Waals surface area contributed by atoms with Gasteiger partial charge in [0.25, 0.3) is 0 Å². The molecular formula is C15H25NO4. The van der Waals surface area contributed by atoms with Crippen molar-refractivity contribution in [1.29, 1.82) is 0 Å². The van der Waals surface area contributed by atoms with Crippen LogP contribution in [0.1, 0.15) is 47.0 Å². The molecule has 0 aliphatic carbocycles. The zero-order chi connectivity index (χ0) is 15.2. The maximum Gasteiger partial charge on any atom is 0.411 e. The first-order valence-electron chi connectivity index (χ1n) is 7.12. The quantitative estimate of drug-likeness (QED) is 0.590. The van der Waals surface area contributed by atoms with E-state index < -0.39 is 17.7 Å². The summed E-state index contributed by atoms with van der Waals surface area (Å²) >= 11 is 0. The highest BCUT2D eigenvalue weighted by Gasteiger charge is 2.35. The Labute approximate surface area is 120 Å². The first-order valence-corrected chi connectivity index (χ1v) is 7.12. The van der Waals surface area contributed by atoms with Crippen LogP contribution in [0.15, 0.2) is 12.2 Å². The fourth-order valence-electron chi connectivity index (χ4n) is 2.04. The number of ether oxygens (including phenoxy) is 2.